The lowest BCUT2D eigenvalue weighted by atomic mass is 10.1. The number of rotatable bonds is 5. The molecule has 5 heteroatoms. The Morgan fingerprint density at radius 1 is 1.47 bits per heavy atom. The summed E-state index contributed by atoms with van der Waals surface area (Å²) in [7, 11) is 0. The number of nitrogens with zero attached hydrogens (tertiary/aromatic N) is 2. The quantitative estimate of drug-likeness (QED) is 0.485. The molecule has 0 atom stereocenters. The maximum absolute atomic E-state index is 10.8. The Balaban J connectivity index is 2.92. The van der Waals surface area contributed by atoms with Crippen molar-refractivity contribution in [2.75, 3.05) is 12.3 Å². The van der Waals surface area contributed by atoms with E-state index < -0.39 is 4.92 Å². The predicted molar refractivity (Wildman–Crippen MR) is 68.7 cm³/mol. The zero-order valence-electron chi connectivity index (χ0n) is 10.5. The van der Waals surface area contributed by atoms with Crippen molar-refractivity contribution in [3.63, 3.8) is 0 Å². The van der Waals surface area contributed by atoms with Gasteiger partial charge in [-0.2, -0.15) is 0 Å². The molecule has 5 nitrogen and oxygen atoms in total. The number of anilines is 1. The molecule has 0 saturated carbocycles. The minimum Gasteiger partial charge on any atom is -0.393 e. The highest BCUT2D eigenvalue weighted by molar-refractivity contribution is 5.59. The van der Waals surface area contributed by atoms with Crippen LogP contribution in [-0.2, 0) is 6.54 Å². The Kier molecular flexibility index (Phi) is 4.45. The third kappa shape index (κ3) is 3.42. The first kappa shape index (κ1) is 13.4. The van der Waals surface area contributed by atoms with E-state index in [1.165, 1.54) is 0 Å². The zero-order chi connectivity index (χ0) is 13.0. The van der Waals surface area contributed by atoms with E-state index in [2.05, 4.69) is 25.7 Å². The largest absolute Gasteiger partial charge is 0.393 e. The van der Waals surface area contributed by atoms with Crippen molar-refractivity contribution in [2.45, 2.75) is 33.4 Å². The molecule has 0 aromatic heterocycles. The van der Waals surface area contributed by atoms with Gasteiger partial charge < -0.3 is 5.73 Å². The molecule has 94 valence electrons. The van der Waals surface area contributed by atoms with Crippen LogP contribution in [0.25, 0.3) is 0 Å². The zero-order valence-corrected chi connectivity index (χ0v) is 10.5. The summed E-state index contributed by atoms with van der Waals surface area (Å²) in [6.45, 7) is 7.90. The Morgan fingerprint density at radius 3 is 2.59 bits per heavy atom. The van der Waals surface area contributed by atoms with Gasteiger partial charge >= 0.3 is 0 Å². The number of nitrogens with two attached hydrogens (primary N) is 1. The van der Waals surface area contributed by atoms with Gasteiger partial charge in [0, 0.05) is 18.7 Å². The molecule has 1 rings (SSSR count). The molecule has 0 heterocycles. The standard InChI is InChI=1S/C12H19N3O2/c1-4-14(9(2)3)8-10-5-6-11(13)12(7-10)15(16)17/h5-7,9H,4,8,13H2,1-3H3. The van der Waals surface area contributed by atoms with E-state index in [0.29, 0.717) is 12.6 Å². The summed E-state index contributed by atoms with van der Waals surface area (Å²) < 4.78 is 0. The molecule has 0 amide bonds. The molecule has 0 saturated heterocycles. The van der Waals surface area contributed by atoms with E-state index in [0.717, 1.165) is 12.1 Å². The Labute approximate surface area is 101 Å². The molecule has 0 radical (unpaired) electrons. The number of nitro benzene ring substituents is 1. The van der Waals surface area contributed by atoms with Gasteiger partial charge in [-0.3, -0.25) is 15.0 Å². The lowest BCUT2D eigenvalue weighted by molar-refractivity contribution is -0.384. The summed E-state index contributed by atoms with van der Waals surface area (Å²) in [4.78, 5) is 12.6. The second-order valence-corrected chi connectivity index (χ2v) is 4.31. The van der Waals surface area contributed by atoms with Crippen molar-refractivity contribution in [1.82, 2.24) is 4.90 Å². The van der Waals surface area contributed by atoms with E-state index in [-0.39, 0.29) is 11.4 Å². The molecular weight excluding hydrogens is 218 g/mol. The average Bonchev–Trinajstić information content (AvgIpc) is 2.27. The Hall–Kier alpha value is -1.62. The Bertz CT molecular complexity index is 405. The fourth-order valence-electron chi connectivity index (χ4n) is 1.74. The van der Waals surface area contributed by atoms with Crippen LogP contribution in [0.5, 0.6) is 0 Å². The highest BCUT2D eigenvalue weighted by Crippen LogP contribution is 2.23. The normalized spacial score (nSPS) is 11.1. The van der Waals surface area contributed by atoms with Crippen molar-refractivity contribution < 1.29 is 4.92 Å². The van der Waals surface area contributed by atoms with Crippen LogP contribution in [0.4, 0.5) is 11.4 Å². The topological polar surface area (TPSA) is 72.4 Å². The summed E-state index contributed by atoms with van der Waals surface area (Å²) in [6, 6.07) is 5.41. The number of nitrogen functional groups attached to an aromatic ring is 1. The fraction of sp³-hybridized carbons (Fsp3) is 0.500. The van der Waals surface area contributed by atoms with E-state index in [1.807, 2.05) is 6.07 Å². The molecule has 0 aliphatic heterocycles. The van der Waals surface area contributed by atoms with Gasteiger partial charge in [-0.15, -0.1) is 0 Å². The molecule has 2 N–H and O–H groups in total. The monoisotopic (exact) mass is 237 g/mol. The van der Waals surface area contributed by atoms with Crippen LogP contribution in [-0.4, -0.2) is 22.4 Å². The van der Waals surface area contributed by atoms with E-state index in [9.17, 15) is 10.1 Å². The smallest absolute Gasteiger partial charge is 0.292 e. The maximum atomic E-state index is 10.8. The third-order valence-corrected chi connectivity index (χ3v) is 2.81. The number of benzene rings is 1. The maximum Gasteiger partial charge on any atom is 0.292 e. The van der Waals surface area contributed by atoms with Gasteiger partial charge in [-0.1, -0.05) is 13.0 Å². The van der Waals surface area contributed by atoms with Gasteiger partial charge in [0.1, 0.15) is 5.69 Å². The highest BCUT2D eigenvalue weighted by Gasteiger charge is 2.14. The lowest BCUT2D eigenvalue weighted by Crippen LogP contribution is -2.29. The van der Waals surface area contributed by atoms with Crippen molar-refractivity contribution in [2.24, 2.45) is 0 Å². The van der Waals surface area contributed by atoms with Crippen LogP contribution in [0.3, 0.4) is 0 Å². The molecule has 0 unspecified atom stereocenters. The molecule has 0 aliphatic carbocycles. The van der Waals surface area contributed by atoms with Gasteiger partial charge in [-0.25, -0.2) is 0 Å². The van der Waals surface area contributed by atoms with Gasteiger partial charge in [0.25, 0.3) is 5.69 Å². The first-order chi connectivity index (χ1) is 7.95. The molecule has 1 aromatic carbocycles. The first-order valence-electron chi connectivity index (χ1n) is 5.72. The second-order valence-electron chi connectivity index (χ2n) is 4.31. The second kappa shape index (κ2) is 5.63. The minimum absolute atomic E-state index is 0.0118. The van der Waals surface area contributed by atoms with Crippen LogP contribution >= 0.6 is 0 Å². The fourth-order valence-corrected chi connectivity index (χ4v) is 1.74. The number of nitro groups is 1. The lowest BCUT2D eigenvalue weighted by Gasteiger charge is -2.24. The molecule has 0 bridgehead atoms. The highest BCUT2D eigenvalue weighted by atomic mass is 16.6. The summed E-state index contributed by atoms with van der Waals surface area (Å²) >= 11 is 0. The Morgan fingerprint density at radius 2 is 2.12 bits per heavy atom. The molecule has 1 aromatic rings. The van der Waals surface area contributed by atoms with E-state index in [1.54, 1.807) is 12.1 Å². The molecule has 0 spiro atoms. The van der Waals surface area contributed by atoms with Crippen molar-refractivity contribution in [1.29, 1.82) is 0 Å². The van der Waals surface area contributed by atoms with E-state index >= 15 is 0 Å². The van der Waals surface area contributed by atoms with Gasteiger partial charge in [0.05, 0.1) is 4.92 Å². The molecule has 0 fully saturated rings. The SMILES string of the molecule is CCN(Cc1ccc(N)c([N+](=O)[O-])c1)C(C)C. The van der Waals surface area contributed by atoms with Crippen LogP contribution in [0, 0.1) is 10.1 Å². The van der Waals surface area contributed by atoms with Gasteiger partial charge in [0.2, 0.25) is 0 Å². The van der Waals surface area contributed by atoms with Crippen molar-refractivity contribution >= 4 is 11.4 Å². The van der Waals surface area contributed by atoms with Crippen LogP contribution in [0.15, 0.2) is 18.2 Å². The van der Waals surface area contributed by atoms with Gasteiger partial charge in [0.15, 0.2) is 0 Å². The van der Waals surface area contributed by atoms with Crippen LogP contribution < -0.4 is 5.73 Å². The van der Waals surface area contributed by atoms with Crippen LogP contribution in [0.2, 0.25) is 0 Å². The summed E-state index contributed by atoms with van der Waals surface area (Å²) in [5, 5.41) is 10.8. The van der Waals surface area contributed by atoms with Crippen molar-refractivity contribution in [3.8, 4) is 0 Å². The summed E-state index contributed by atoms with van der Waals surface area (Å²) in [5.74, 6) is 0. The number of hydrogen-bond acceptors (Lipinski definition) is 4. The summed E-state index contributed by atoms with van der Waals surface area (Å²) in [6.07, 6.45) is 0. The first-order valence-corrected chi connectivity index (χ1v) is 5.72. The molecular formula is C12H19N3O2. The summed E-state index contributed by atoms with van der Waals surface area (Å²) in [5.41, 5.74) is 6.68. The molecule has 17 heavy (non-hydrogen) atoms. The third-order valence-electron chi connectivity index (χ3n) is 2.81. The number of hydrogen-bond donors (Lipinski definition) is 1. The average molecular weight is 237 g/mol. The van der Waals surface area contributed by atoms with Crippen molar-refractivity contribution in [3.05, 3.63) is 33.9 Å². The predicted octanol–water partition coefficient (Wildman–Crippen LogP) is 2.41. The van der Waals surface area contributed by atoms with E-state index in [4.69, 9.17) is 5.73 Å². The minimum atomic E-state index is -0.440. The van der Waals surface area contributed by atoms with Crippen LogP contribution in [0.1, 0.15) is 26.3 Å². The van der Waals surface area contributed by atoms with Gasteiger partial charge in [-0.05, 0) is 32.0 Å². The molecule has 0 aliphatic rings.